The molecule has 0 aromatic heterocycles. The van der Waals surface area contributed by atoms with Crippen LogP contribution in [0.4, 0.5) is 16.2 Å². The monoisotopic (exact) mass is 541 g/mol. The maximum Gasteiger partial charge on any atom is 0.323 e. The molecule has 2 N–H and O–H groups in total. The van der Waals surface area contributed by atoms with E-state index in [2.05, 4.69) is 33.2 Å². The Morgan fingerprint density at radius 3 is 2.44 bits per heavy atom. The van der Waals surface area contributed by atoms with Gasteiger partial charge in [0.1, 0.15) is 0 Å². The van der Waals surface area contributed by atoms with Crippen LogP contribution in [-0.4, -0.2) is 32.5 Å². The fourth-order valence-electron chi connectivity index (χ4n) is 3.69. The van der Waals surface area contributed by atoms with Gasteiger partial charge in [-0.05, 0) is 76.5 Å². The molecule has 0 saturated carbocycles. The van der Waals surface area contributed by atoms with Crippen molar-refractivity contribution in [3.05, 3.63) is 80.9 Å². The molecule has 7 heteroatoms. The highest BCUT2D eigenvalue weighted by molar-refractivity contribution is 14.1. The smallest absolute Gasteiger partial charge is 0.323 e. The van der Waals surface area contributed by atoms with E-state index in [9.17, 15) is 4.79 Å². The first-order chi connectivity index (χ1) is 15.6. The molecule has 0 spiro atoms. The molecule has 1 heterocycles. The van der Waals surface area contributed by atoms with Gasteiger partial charge in [0.25, 0.3) is 0 Å². The number of benzene rings is 3. The standard InChI is InChI=1S/C25H24IN3O3/c1-31-23-14-17-11-12-27-22(19(17)15-24(23)32-2)13-16-7-9-18(10-8-16)28-25(30)29-21-6-4-3-5-20(21)26/h3-10,14-15H,11-13H2,1-2H3,(H2,28,29,30). The summed E-state index contributed by atoms with van der Waals surface area (Å²) in [4.78, 5) is 17.1. The maximum absolute atomic E-state index is 12.3. The lowest BCUT2D eigenvalue weighted by molar-refractivity contribution is 0.262. The molecule has 4 rings (SSSR count). The highest BCUT2D eigenvalue weighted by Crippen LogP contribution is 2.33. The zero-order valence-electron chi connectivity index (χ0n) is 17.9. The van der Waals surface area contributed by atoms with E-state index in [1.165, 1.54) is 5.56 Å². The second-order valence-electron chi connectivity index (χ2n) is 7.38. The number of carbonyl (C=O) groups is 1. The van der Waals surface area contributed by atoms with Gasteiger partial charge in [-0.3, -0.25) is 4.99 Å². The van der Waals surface area contributed by atoms with Crippen LogP contribution < -0.4 is 20.1 Å². The Balaban J connectivity index is 1.44. The molecule has 2 amide bonds. The number of halogens is 1. The Morgan fingerprint density at radius 2 is 1.72 bits per heavy atom. The second-order valence-corrected chi connectivity index (χ2v) is 8.54. The number of ether oxygens (including phenoxy) is 2. The maximum atomic E-state index is 12.3. The molecule has 0 unspecified atom stereocenters. The zero-order chi connectivity index (χ0) is 22.5. The molecule has 0 atom stereocenters. The quantitative estimate of drug-likeness (QED) is 0.403. The number of urea groups is 1. The van der Waals surface area contributed by atoms with E-state index >= 15 is 0 Å². The molecule has 3 aromatic rings. The van der Waals surface area contributed by atoms with Gasteiger partial charge < -0.3 is 20.1 Å². The molecule has 0 radical (unpaired) electrons. The minimum Gasteiger partial charge on any atom is -0.493 e. The summed E-state index contributed by atoms with van der Waals surface area (Å²) >= 11 is 2.20. The van der Waals surface area contributed by atoms with Crippen LogP contribution in [0, 0.1) is 3.57 Å². The van der Waals surface area contributed by atoms with E-state index in [0.29, 0.717) is 12.2 Å². The van der Waals surface area contributed by atoms with E-state index in [4.69, 9.17) is 14.5 Å². The second kappa shape index (κ2) is 10.0. The number of hydrogen-bond donors (Lipinski definition) is 2. The highest BCUT2D eigenvalue weighted by Gasteiger charge is 2.18. The van der Waals surface area contributed by atoms with Gasteiger partial charge in [-0.25, -0.2) is 4.79 Å². The summed E-state index contributed by atoms with van der Waals surface area (Å²) < 4.78 is 11.9. The number of para-hydroxylation sites is 1. The number of anilines is 2. The largest absolute Gasteiger partial charge is 0.493 e. The summed E-state index contributed by atoms with van der Waals surface area (Å²) in [5.41, 5.74) is 5.99. The Hall–Kier alpha value is -3.07. The van der Waals surface area contributed by atoms with E-state index < -0.39 is 0 Å². The first-order valence-corrected chi connectivity index (χ1v) is 11.4. The van der Waals surface area contributed by atoms with Gasteiger partial charge in [-0.15, -0.1) is 0 Å². The van der Waals surface area contributed by atoms with Crippen molar-refractivity contribution in [3.8, 4) is 11.5 Å². The van der Waals surface area contributed by atoms with Crippen molar-refractivity contribution in [2.75, 3.05) is 31.4 Å². The van der Waals surface area contributed by atoms with Crippen LogP contribution in [0.5, 0.6) is 11.5 Å². The van der Waals surface area contributed by atoms with Crippen molar-refractivity contribution < 1.29 is 14.3 Å². The molecule has 3 aromatic carbocycles. The average Bonchev–Trinajstić information content (AvgIpc) is 2.81. The van der Waals surface area contributed by atoms with Crippen LogP contribution in [0.25, 0.3) is 0 Å². The molecule has 1 aliphatic rings. The lowest BCUT2D eigenvalue weighted by Crippen LogP contribution is -2.20. The van der Waals surface area contributed by atoms with Gasteiger partial charge in [0.05, 0.1) is 19.9 Å². The van der Waals surface area contributed by atoms with Crippen molar-refractivity contribution in [3.63, 3.8) is 0 Å². The van der Waals surface area contributed by atoms with Crippen molar-refractivity contribution in [1.82, 2.24) is 0 Å². The van der Waals surface area contributed by atoms with Gasteiger partial charge in [0.2, 0.25) is 0 Å². The lowest BCUT2D eigenvalue weighted by Gasteiger charge is -2.20. The number of nitrogens with one attached hydrogen (secondary N) is 2. The fraction of sp³-hybridized carbons (Fsp3) is 0.200. The van der Waals surface area contributed by atoms with Crippen LogP contribution >= 0.6 is 22.6 Å². The number of aliphatic imine (C=N–C) groups is 1. The van der Waals surface area contributed by atoms with Crippen molar-refractivity contribution in [2.45, 2.75) is 12.8 Å². The lowest BCUT2D eigenvalue weighted by atomic mass is 9.93. The molecular weight excluding hydrogens is 517 g/mol. The Morgan fingerprint density at radius 1 is 1.00 bits per heavy atom. The first-order valence-electron chi connectivity index (χ1n) is 10.3. The van der Waals surface area contributed by atoms with Gasteiger partial charge in [0.15, 0.2) is 11.5 Å². The van der Waals surface area contributed by atoms with Crippen LogP contribution in [0.3, 0.4) is 0 Å². The zero-order valence-corrected chi connectivity index (χ0v) is 20.1. The minimum absolute atomic E-state index is 0.270. The van der Waals surface area contributed by atoms with Gasteiger partial charge >= 0.3 is 6.03 Å². The van der Waals surface area contributed by atoms with Crippen LogP contribution in [0.1, 0.15) is 16.7 Å². The van der Waals surface area contributed by atoms with Crippen molar-refractivity contribution in [1.29, 1.82) is 0 Å². The summed E-state index contributed by atoms with van der Waals surface area (Å²) in [7, 11) is 3.29. The topological polar surface area (TPSA) is 72.0 Å². The summed E-state index contributed by atoms with van der Waals surface area (Å²) in [5.74, 6) is 1.45. The summed E-state index contributed by atoms with van der Waals surface area (Å²) in [5, 5.41) is 5.75. The van der Waals surface area contributed by atoms with E-state index in [0.717, 1.165) is 50.5 Å². The number of amides is 2. The molecule has 164 valence electrons. The number of rotatable bonds is 6. The Labute approximate surface area is 201 Å². The SMILES string of the molecule is COc1cc2c(cc1OC)C(Cc1ccc(NC(=O)Nc3ccccc3I)cc1)=NCC2. The molecule has 32 heavy (non-hydrogen) atoms. The minimum atomic E-state index is -0.270. The molecule has 0 bridgehead atoms. The van der Waals surface area contributed by atoms with Crippen LogP contribution in [0.2, 0.25) is 0 Å². The fourth-order valence-corrected chi connectivity index (χ4v) is 4.21. The summed E-state index contributed by atoms with van der Waals surface area (Å²) in [6, 6.07) is 19.3. The summed E-state index contributed by atoms with van der Waals surface area (Å²) in [6.45, 7) is 0.760. The first kappa shape index (κ1) is 22.1. The molecule has 0 saturated heterocycles. The average molecular weight is 541 g/mol. The predicted octanol–water partition coefficient (Wildman–Crippen LogP) is 5.54. The van der Waals surface area contributed by atoms with E-state index in [-0.39, 0.29) is 6.03 Å². The highest BCUT2D eigenvalue weighted by atomic mass is 127. The van der Waals surface area contributed by atoms with Gasteiger partial charge in [-0.1, -0.05) is 24.3 Å². The molecule has 0 fully saturated rings. The number of fused-ring (bicyclic) bond motifs is 1. The number of carbonyl (C=O) groups excluding carboxylic acids is 1. The van der Waals surface area contributed by atoms with Crippen LogP contribution in [0.15, 0.2) is 65.7 Å². The van der Waals surface area contributed by atoms with Crippen molar-refractivity contribution >= 4 is 45.7 Å². The van der Waals surface area contributed by atoms with E-state index in [1.807, 2.05) is 60.7 Å². The number of methoxy groups -OCH3 is 2. The predicted molar refractivity (Wildman–Crippen MR) is 137 cm³/mol. The number of hydrogen-bond acceptors (Lipinski definition) is 4. The van der Waals surface area contributed by atoms with E-state index in [1.54, 1.807) is 14.2 Å². The van der Waals surface area contributed by atoms with Gasteiger partial charge in [0, 0.05) is 33.5 Å². The summed E-state index contributed by atoms with van der Waals surface area (Å²) in [6.07, 6.45) is 1.59. The molecular formula is C25H24IN3O3. The molecule has 6 nitrogen and oxygen atoms in total. The van der Waals surface area contributed by atoms with Crippen LogP contribution in [-0.2, 0) is 12.8 Å². The molecule has 0 aliphatic carbocycles. The Kier molecular flexibility index (Phi) is 6.94. The Bertz CT molecular complexity index is 1160. The van der Waals surface area contributed by atoms with Crippen molar-refractivity contribution in [2.24, 2.45) is 4.99 Å². The normalized spacial score (nSPS) is 12.4. The number of nitrogens with zero attached hydrogens (tertiary/aromatic N) is 1. The van der Waals surface area contributed by atoms with Gasteiger partial charge in [-0.2, -0.15) is 0 Å². The molecule has 1 aliphatic heterocycles. The third-order valence-corrected chi connectivity index (χ3v) is 6.25. The third kappa shape index (κ3) is 5.04. The third-order valence-electron chi connectivity index (χ3n) is 5.31.